The molecule has 1 atom stereocenters. The van der Waals surface area contributed by atoms with Crippen LogP contribution in [0.4, 0.5) is 5.82 Å². The normalized spacial score (nSPS) is 14.1. The predicted molar refractivity (Wildman–Crippen MR) is 67.5 cm³/mol. The maximum absolute atomic E-state index is 10.1. The number of anilines is 1. The second-order valence-electron chi connectivity index (χ2n) is 4.97. The van der Waals surface area contributed by atoms with Crippen LogP contribution >= 0.6 is 0 Å². The summed E-state index contributed by atoms with van der Waals surface area (Å²) >= 11 is 0. The van der Waals surface area contributed by atoms with E-state index in [0.29, 0.717) is 24.0 Å². The van der Waals surface area contributed by atoms with Crippen molar-refractivity contribution < 1.29 is 5.11 Å². The lowest BCUT2D eigenvalue weighted by Gasteiger charge is -2.25. The molecule has 0 bridgehead atoms. The van der Waals surface area contributed by atoms with Gasteiger partial charge in [-0.05, 0) is 31.4 Å². The molecule has 0 saturated heterocycles. The molecule has 0 aliphatic carbocycles. The monoisotopic (exact) mass is 233 g/mol. The molecule has 17 heavy (non-hydrogen) atoms. The van der Waals surface area contributed by atoms with Crippen molar-refractivity contribution in [2.45, 2.75) is 32.8 Å². The van der Waals surface area contributed by atoms with Gasteiger partial charge in [-0.3, -0.25) is 0 Å². The molecule has 1 heterocycles. The van der Waals surface area contributed by atoms with Gasteiger partial charge in [0.25, 0.3) is 0 Å². The molecule has 1 aromatic rings. The molecular formula is C13H19N3O. The summed E-state index contributed by atoms with van der Waals surface area (Å²) in [4.78, 5) is 4.09. The van der Waals surface area contributed by atoms with E-state index in [2.05, 4.69) is 24.1 Å². The van der Waals surface area contributed by atoms with Crippen molar-refractivity contribution in [3.05, 3.63) is 23.9 Å². The van der Waals surface area contributed by atoms with Crippen molar-refractivity contribution >= 4 is 5.82 Å². The first-order valence-corrected chi connectivity index (χ1v) is 5.76. The largest absolute Gasteiger partial charge is 0.388 e. The lowest BCUT2D eigenvalue weighted by Crippen LogP contribution is -2.35. The molecule has 0 amide bonds. The maximum Gasteiger partial charge on any atom is 0.142 e. The Morgan fingerprint density at radius 2 is 2.24 bits per heavy atom. The first-order chi connectivity index (χ1) is 7.93. The molecule has 0 saturated carbocycles. The van der Waals surface area contributed by atoms with Crippen molar-refractivity contribution in [2.24, 2.45) is 5.92 Å². The molecule has 2 N–H and O–H groups in total. The minimum Gasteiger partial charge on any atom is -0.388 e. The first-order valence-electron chi connectivity index (χ1n) is 5.76. The summed E-state index contributed by atoms with van der Waals surface area (Å²) in [6, 6.07) is 7.19. The van der Waals surface area contributed by atoms with E-state index in [1.165, 1.54) is 0 Å². The minimum atomic E-state index is -0.765. The van der Waals surface area contributed by atoms with Crippen LogP contribution in [0.2, 0.25) is 0 Å². The van der Waals surface area contributed by atoms with Crippen LogP contribution in [0.15, 0.2) is 18.2 Å². The number of nitriles is 1. The zero-order chi connectivity index (χ0) is 12.9. The standard InChI is InChI=1S/C13H19N3O/c1-10(2)7-13(3,17)9-15-12-6-4-5-11(8-14)16-12/h4-6,10,17H,7,9H2,1-3H3,(H,15,16). The van der Waals surface area contributed by atoms with E-state index < -0.39 is 5.60 Å². The number of nitrogens with one attached hydrogen (secondary N) is 1. The number of rotatable bonds is 5. The van der Waals surface area contributed by atoms with Gasteiger partial charge in [0.1, 0.15) is 17.6 Å². The van der Waals surface area contributed by atoms with E-state index in [-0.39, 0.29) is 0 Å². The Labute approximate surface area is 102 Å². The Balaban J connectivity index is 2.58. The fourth-order valence-corrected chi connectivity index (χ4v) is 1.83. The quantitative estimate of drug-likeness (QED) is 0.817. The fraction of sp³-hybridized carbons (Fsp3) is 0.538. The average Bonchev–Trinajstić information content (AvgIpc) is 2.25. The second kappa shape index (κ2) is 5.65. The minimum absolute atomic E-state index is 0.374. The first kappa shape index (κ1) is 13.5. The molecule has 0 aliphatic rings. The average molecular weight is 233 g/mol. The molecule has 92 valence electrons. The molecule has 1 aromatic heterocycles. The Morgan fingerprint density at radius 1 is 1.53 bits per heavy atom. The molecular weight excluding hydrogens is 214 g/mol. The third-order valence-corrected chi connectivity index (χ3v) is 2.36. The van der Waals surface area contributed by atoms with E-state index in [1.54, 1.807) is 25.1 Å². The highest BCUT2D eigenvalue weighted by molar-refractivity contribution is 5.38. The van der Waals surface area contributed by atoms with E-state index >= 15 is 0 Å². The van der Waals surface area contributed by atoms with Gasteiger partial charge in [-0.15, -0.1) is 0 Å². The number of hydrogen-bond acceptors (Lipinski definition) is 4. The molecule has 0 fully saturated rings. The highest BCUT2D eigenvalue weighted by atomic mass is 16.3. The molecule has 4 heteroatoms. The zero-order valence-electron chi connectivity index (χ0n) is 10.6. The Kier molecular flexibility index (Phi) is 4.47. The van der Waals surface area contributed by atoms with E-state index in [9.17, 15) is 5.11 Å². The lowest BCUT2D eigenvalue weighted by molar-refractivity contribution is 0.0515. The summed E-state index contributed by atoms with van der Waals surface area (Å²) in [7, 11) is 0. The number of pyridine rings is 1. The number of aliphatic hydroxyl groups is 1. The molecule has 4 nitrogen and oxygen atoms in total. The SMILES string of the molecule is CC(C)CC(C)(O)CNc1cccc(C#N)n1. The zero-order valence-corrected chi connectivity index (χ0v) is 10.6. The third kappa shape index (κ3) is 4.83. The highest BCUT2D eigenvalue weighted by Gasteiger charge is 2.21. The number of aromatic nitrogens is 1. The van der Waals surface area contributed by atoms with Crippen LogP contribution in [-0.4, -0.2) is 22.2 Å². The summed E-state index contributed by atoms with van der Waals surface area (Å²) in [5.41, 5.74) is -0.392. The number of nitrogens with zero attached hydrogens (tertiary/aromatic N) is 2. The molecule has 0 radical (unpaired) electrons. The van der Waals surface area contributed by atoms with Crippen LogP contribution < -0.4 is 5.32 Å². The summed E-state index contributed by atoms with van der Waals surface area (Å²) in [5.74, 6) is 1.05. The van der Waals surface area contributed by atoms with Crippen molar-refractivity contribution in [1.29, 1.82) is 5.26 Å². The van der Waals surface area contributed by atoms with Crippen LogP contribution in [0.3, 0.4) is 0 Å². The van der Waals surface area contributed by atoms with Gasteiger partial charge >= 0.3 is 0 Å². The van der Waals surface area contributed by atoms with Crippen molar-refractivity contribution in [3.8, 4) is 6.07 Å². The predicted octanol–water partition coefficient (Wildman–Crippen LogP) is 2.16. The molecule has 1 unspecified atom stereocenters. The van der Waals surface area contributed by atoms with Crippen molar-refractivity contribution in [1.82, 2.24) is 4.98 Å². The molecule has 0 aromatic carbocycles. The van der Waals surface area contributed by atoms with Gasteiger partial charge in [-0.25, -0.2) is 4.98 Å². The van der Waals surface area contributed by atoms with Crippen molar-refractivity contribution in [3.63, 3.8) is 0 Å². The second-order valence-corrected chi connectivity index (χ2v) is 4.97. The maximum atomic E-state index is 10.1. The van der Waals surface area contributed by atoms with Crippen LogP contribution in [0, 0.1) is 17.2 Å². The van der Waals surface area contributed by atoms with E-state index in [0.717, 1.165) is 6.42 Å². The summed E-state index contributed by atoms with van der Waals surface area (Å²) in [5, 5.41) is 21.9. The van der Waals surface area contributed by atoms with Gasteiger partial charge < -0.3 is 10.4 Å². The van der Waals surface area contributed by atoms with Crippen LogP contribution in [0.5, 0.6) is 0 Å². The molecule has 0 spiro atoms. The van der Waals surface area contributed by atoms with Gasteiger partial charge in [-0.2, -0.15) is 5.26 Å². The Hall–Kier alpha value is -1.60. The van der Waals surface area contributed by atoms with Gasteiger partial charge in [-0.1, -0.05) is 19.9 Å². The van der Waals surface area contributed by atoms with Gasteiger partial charge in [0.15, 0.2) is 0 Å². The molecule has 0 aliphatic heterocycles. The summed E-state index contributed by atoms with van der Waals surface area (Å²) in [6.45, 7) is 6.37. The Morgan fingerprint density at radius 3 is 2.82 bits per heavy atom. The lowest BCUT2D eigenvalue weighted by atomic mass is 9.94. The van der Waals surface area contributed by atoms with Crippen LogP contribution in [-0.2, 0) is 0 Å². The number of hydrogen-bond donors (Lipinski definition) is 2. The van der Waals surface area contributed by atoms with Gasteiger partial charge in [0, 0.05) is 6.54 Å². The summed E-state index contributed by atoms with van der Waals surface area (Å²) in [6.07, 6.45) is 0.720. The topological polar surface area (TPSA) is 68.9 Å². The summed E-state index contributed by atoms with van der Waals surface area (Å²) < 4.78 is 0. The van der Waals surface area contributed by atoms with Crippen LogP contribution in [0.25, 0.3) is 0 Å². The Bertz CT molecular complexity index is 407. The third-order valence-electron chi connectivity index (χ3n) is 2.36. The highest BCUT2D eigenvalue weighted by Crippen LogP contribution is 2.17. The van der Waals surface area contributed by atoms with Gasteiger partial charge in [0.2, 0.25) is 0 Å². The van der Waals surface area contributed by atoms with E-state index in [4.69, 9.17) is 5.26 Å². The smallest absolute Gasteiger partial charge is 0.142 e. The van der Waals surface area contributed by atoms with Gasteiger partial charge in [0.05, 0.1) is 5.60 Å². The fourth-order valence-electron chi connectivity index (χ4n) is 1.83. The van der Waals surface area contributed by atoms with E-state index in [1.807, 2.05) is 6.07 Å². The molecule has 1 rings (SSSR count). The van der Waals surface area contributed by atoms with Crippen molar-refractivity contribution in [2.75, 3.05) is 11.9 Å². The van der Waals surface area contributed by atoms with Crippen LogP contribution in [0.1, 0.15) is 32.9 Å².